The van der Waals surface area contributed by atoms with Gasteiger partial charge in [0.2, 0.25) is 0 Å². The molecule has 3 heterocycles. The van der Waals surface area contributed by atoms with E-state index in [4.69, 9.17) is 0 Å². The minimum Gasteiger partial charge on any atom is -0.366 e. The standard InChI is InChI=1S/C13H18N2/c1-14-9-13-8-7-12(14)10-15(13)11-5-3-2-4-6-11/h2-6,12-13H,7-10H2,1H3/t12-,13-/m0/s1. The summed E-state index contributed by atoms with van der Waals surface area (Å²) in [6, 6.07) is 12.4. The Hall–Kier alpha value is -1.02. The largest absolute Gasteiger partial charge is 0.366 e. The molecule has 0 spiro atoms. The van der Waals surface area contributed by atoms with Gasteiger partial charge in [-0.2, -0.15) is 0 Å². The zero-order valence-electron chi connectivity index (χ0n) is 9.26. The number of anilines is 1. The highest BCUT2D eigenvalue weighted by molar-refractivity contribution is 5.48. The van der Waals surface area contributed by atoms with Crippen molar-refractivity contribution in [2.75, 3.05) is 25.0 Å². The predicted molar refractivity (Wildman–Crippen MR) is 63.2 cm³/mol. The third kappa shape index (κ3) is 1.53. The van der Waals surface area contributed by atoms with E-state index >= 15 is 0 Å². The van der Waals surface area contributed by atoms with Crippen molar-refractivity contribution >= 4 is 5.69 Å². The summed E-state index contributed by atoms with van der Waals surface area (Å²) in [5.41, 5.74) is 1.40. The molecule has 0 unspecified atom stereocenters. The number of piperazine rings is 1. The highest BCUT2D eigenvalue weighted by Gasteiger charge is 2.36. The fourth-order valence-corrected chi connectivity index (χ4v) is 2.97. The Kier molecular flexibility index (Phi) is 2.17. The Morgan fingerprint density at radius 2 is 1.73 bits per heavy atom. The van der Waals surface area contributed by atoms with Crippen LogP contribution in [0.15, 0.2) is 30.3 Å². The minimum atomic E-state index is 0.738. The van der Waals surface area contributed by atoms with Gasteiger partial charge in [0, 0.05) is 30.9 Å². The van der Waals surface area contributed by atoms with E-state index in [9.17, 15) is 0 Å². The van der Waals surface area contributed by atoms with Gasteiger partial charge in [-0.3, -0.25) is 4.90 Å². The molecule has 2 nitrogen and oxygen atoms in total. The lowest BCUT2D eigenvalue weighted by molar-refractivity contribution is 0.125. The molecule has 15 heavy (non-hydrogen) atoms. The van der Waals surface area contributed by atoms with Crippen molar-refractivity contribution in [3.63, 3.8) is 0 Å². The van der Waals surface area contributed by atoms with Gasteiger partial charge in [0.15, 0.2) is 0 Å². The van der Waals surface area contributed by atoms with Crippen LogP contribution in [0, 0.1) is 0 Å². The van der Waals surface area contributed by atoms with E-state index < -0.39 is 0 Å². The van der Waals surface area contributed by atoms with Crippen LogP contribution < -0.4 is 4.90 Å². The third-order valence-corrected chi connectivity index (χ3v) is 3.89. The van der Waals surface area contributed by atoms with Crippen molar-refractivity contribution < 1.29 is 0 Å². The summed E-state index contributed by atoms with van der Waals surface area (Å²) in [7, 11) is 2.26. The van der Waals surface area contributed by atoms with E-state index in [1.165, 1.54) is 31.6 Å². The molecule has 2 atom stereocenters. The lowest BCUT2D eigenvalue weighted by Crippen LogP contribution is -2.61. The highest BCUT2D eigenvalue weighted by Crippen LogP contribution is 2.31. The molecule has 0 amide bonds. The molecule has 0 aromatic heterocycles. The number of hydrogen-bond acceptors (Lipinski definition) is 2. The fraction of sp³-hybridized carbons (Fsp3) is 0.538. The Balaban J connectivity index is 1.85. The molecule has 0 saturated carbocycles. The Morgan fingerprint density at radius 3 is 2.33 bits per heavy atom. The van der Waals surface area contributed by atoms with Crippen molar-refractivity contribution in [2.24, 2.45) is 0 Å². The molecule has 0 aliphatic carbocycles. The van der Waals surface area contributed by atoms with Gasteiger partial charge in [-0.05, 0) is 32.0 Å². The van der Waals surface area contributed by atoms with Gasteiger partial charge in [0.25, 0.3) is 0 Å². The molecule has 3 aliphatic heterocycles. The van der Waals surface area contributed by atoms with E-state index in [-0.39, 0.29) is 0 Å². The third-order valence-electron chi connectivity index (χ3n) is 3.89. The molecule has 1 aromatic rings. The van der Waals surface area contributed by atoms with Crippen LogP contribution in [0.25, 0.3) is 0 Å². The summed E-state index contributed by atoms with van der Waals surface area (Å²) >= 11 is 0. The topological polar surface area (TPSA) is 6.48 Å². The number of fused-ring (bicyclic) bond motifs is 3. The van der Waals surface area contributed by atoms with Gasteiger partial charge < -0.3 is 4.90 Å². The Labute approximate surface area is 91.5 Å². The van der Waals surface area contributed by atoms with Gasteiger partial charge in [0.1, 0.15) is 0 Å². The van der Waals surface area contributed by atoms with Crippen molar-refractivity contribution in [3.05, 3.63) is 30.3 Å². The molecule has 2 bridgehead atoms. The molecule has 80 valence electrons. The SMILES string of the molecule is CN1C[C@@H]2CC[C@H]1CN2c1ccccc1. The van der Waals surface area contributed by atoms with Crippen LogP contribution in [0.2, 0.25) is 0 Å². The van der Waals surface area contributed by atoms with Crippen molar-refractivity contribution in [1.82, 2.24) is 4.90 Å². The van der Waals surface area contributed by atoms with E-state index in [2.05, 4.69) is 47.2 Å². The summed E-state index contributed by atoms with van der Waals surface area (Å²) < 4.78 is 0. The Bertz CT molecular complexity index is 336. The first-order valence-electron chi connectivity index (χ1n) is 5.86. The summed E-state index contributed by atoms with van der Waals surface area (Å²) in [4.78, 5) is 5.11. The summed E-state index contributed by atoms with van der Waals surface area (Å²) in [5, 5.41) is 0. The van der Waals surface area contributed by atoms with Gasteiger partial charge in [0.05, 0.1) is 0 Å². The lowest BCUT2D eigenvalue weighted by Gasteiger charge is -2.51. The van der Waals surface area contributed by atoms with Gasteiger partial charge in [-0.25, -0.2) is 0 Å². The lowest BCUT2D eigenvalue weighted by atomic mass is 9.91. The second kappa shape index (κ2) is 3.53. The highest BCUT2D eigenvalue weighted by atomic mass is 15.3. The maximum atomic E-state index is 2.59. The molecule has 0 radical (unpaired) electrons. The van der Waals surface area contributed by atoms with E-state index in [0.717, 1.165) is 12.1 Å². The van der Waals surface area contributed by atoms with Crippen LogP contribution in [0.3, 0.4) is 0 Å². The maximum Gasteiger partial charge on any atom is 0.0418 e. The molecule has 2 heteroatoms. The van der Waals surface area contributed by atoms with Gasteiger partial charge in [-0.15, -0.1) is 0 Å². The average Bonchev–Trinajstić information content (AvgIpc) is 2.31. The molecule has 0 N–H and O–H groups in total. The zero-order valence-corrected chi connectivity index (χ0v) is 9.26. The van der Waals surface area contributed by atoms with E-state index in [1.807, 2.05) is 0 Å². The summed E-state index contributed by atoms with van der Waals surface area (Å²) in [5.74, 6) is 0. The van der Waals surface area contributed by atoms with E-state index in [0.29, 0.717) is 0 Å². The molecule has 4 rings (SSSR count). The molecule has 3 fully saturated rings. The van der Waals surface area contributed by atoms with Crippen molar-refractivity contribution in [1.29, 1.82) is 0 Å². The average molecular weight is 202 g/mol. The predicted octanol–water partition coefficient (Wildman–Crippen LogP) is 1.97. The first-order valence-corrected chi connectivity index (χ1v) is 5.86. The van der Waals surface area contributed by atoms with Crippen LogP contribution in [-0.4, -0.2) is 37.1 Å². The maximum absolute atomic E-state index is 2.59. The number of hydrogen-bond donors (Lipinski definition) is 0. The number of piperidine rings is 2. The molecular formula is C13H18N2. The molecule has 3 aliphatic rings. The smallest absolute Gasteiger partial charge is 0.0418 e. The number of para-hydroxylation sites is 1. The van der Waals surface area contributed by atoms with Crippen LogP contribution >= 0.6 is 0 Å². The first-order chi connectivity index (χ1) is 7.34. The quantitative estimate of drug-likeness (QED) is 0.687. The second-order valence-corrected chi connectivity index (χ2v) is 4.81. The first kappa shape index (κ1) is 9.22. The van der Waals surface area contributed by atoms with E-state index in [1.54, 1.807) is 0 Å². The van der Waals surface area contributed by atoms with Crippen LogP contribution in [0.4, 0.5) is 5.69 Å². The van der Waals surface area contributed by atoms with Gasteiger partial charge >= 0.3 is 0 Å². The second-order valence-electron chi connectivity index (χ2n) is 4.81. The molecule has 1 aromatic carbocycles. The zero-order chi connectivity index (χ0) is 10.3. The van der Waals surface area contributed by atoms with Crippen LogP contribution in [-0.2, 0) is 0 Å². The molecule has 3 saturated heterocycles. The number of likely N-dealkylation sites (N-methyl/N-ethyl adjacent to an activating group) is 1. The van der Waals surface area contributed by atoms with Crippen LogP contribution in [0.5, 0.6) is 0 Å². The normalized spacial score (nSPS) is 30.9. The van der Waals surface area contributed by atoms with Crippen molar-refractivity contribution in [3.8, 4) is 0 Å². The summed E-state index contributed by atoms with van der Waals surface area (Å²) in [6.45, 7) is 2.45. The monoisotopic (exact) mass is 202 g/mol. The number of rotatable bonds is 1. The minimum absolute atomic E-state index is 0.738. The number of nitrogens with zero attached hydrogens (tertiary/aromatic N) is 2. The Morgan fingerprint density at radius 1 is 1.00 bits per heavy atom. The van der Waals surface area contributed by atoms with Crippen LogP contribution in [0.1, 0.15) is 12.8 Å². The number of benzene rings is 1. The summed E-state index contributed by atoms with van der Waals surface area (Å²) in [6.07, 6.45) is 2.74. The van der Waals surface area contributed by atoms with Crippen molar-refractivity contribution in [2.45, 2.75) is 24.9 Å². The van der Waals surface area contributed by atoms with Gasteiger partial charge in [-0.1, -0.05) is 18.2 Å². The fourth-order valence-electron chi connectivity index (χ4n) is 2.97. The molecular weight excluding hydrogens is 184 g/mol.